The first-order valence-corrected chi connectivity index (χ1v) is 14.5. The van der Waals surface area contributed by atoms with Gasteiger partial charge in [-0.1, -0.05) is 23.7 Å². The molecule has 2 aliphatic heterocycles. The molecule has 4 aliphatic rings. The predicted molar refractivity (Wildman–Crippen MR) is 154 cm³/mol. The Balaban J connectivity index is 1.06. The molecule has 3 amide bonds. The second-order valence-corrected chi connectivity index (χ2v) is 11.6. The van der Waals surface area contributed by atoms with Crippen LogP contribution in [0.15, 0.2) is 59.4 Å². The van der Waals surface area contributed by atoms with Gasteiger partial charge in [-0.3, -0.25) is 15.0 Å². The summed E-state index contributed by atoms with van der Waals surface area (Å²) < 4.78 is 5.12. The van der Waals surface area contributed by atoms with E-state index in [9.17, 15) is 9.59 Å². The van der Waals surface area contributed by atoms with Crippen molar-refractivity contribution in [2.24, 2.45) is 5.41 Å². The summed E-state index contributed by atoms with van der Waals surface area (Å²) in [6, 6.07) is 9.05. The third-order valence-electron chi connectivity index (χ3n) is 8.83. The molecule has 41 heavy (non-hydrogen) atoms. The number of benzene rings is 1. The van der Waals surface area contributed by atoms with Crippen LogP contribution in [0.25, 0.3) is 0 Å². The van der Waals surface area contributed by atoms with Crippen LogP contribution in [0.4, 0.5) is 33.8 Å². The maximum absolute atomic E-state index is 13.7. The summed E-state index contributed by atoms with van der Waals surface area (Å²) in [5, 5.41) is 9.64. The standard InChI is InChI=1S/C30H34N8O3/c39-25(6-2-15-36-16-12-30(13-17-36)10-3-11-30)33-22-4-1-5-24(18-22)38-27-21(20-37(29(38)40)23-7-8-23)19-31-28(35-27)34-26-9-14-32-41-26/h1-2,4-6,9,14,18-19,23H,3,7-8,10-13,15-17,20H2,(H,33,39)(H,31,34,35)/b6-2+. The highest BCUT2D eigenvalue weighted by Gasteiger charge is 2.41. The molecule has 2 saturated carbocycles. The second-order valence-electron chi connectivity index (χ2n) is 11.6. The van der Waals surface area contributed by atoms with Gasteiger partial charge in [-0.15, -0.1) is 0 Å². The number of nitrogens with one attached hydrogen (secondary N) is 2. The first-order chi connectivity index (χ1) is 20.1. The summed E-state index contributed by atoms with van der Waals surface area (Å²) in [6.45, 7) is 3.45. The van der Waals surface area contributed by atoms with Crippen LogP contribution in [-0.4, -0.2) is 62.5 Å². The van der Waals surface area contributed by atoms with Gasteiger partial charge in [-0.25, -0.2) is 14.7 Å². The Morgan fingerprint density at radius 3 is 2.73 bits per heavy atom. The fourth-order valence-corrected chi connectivity index (χ4v) is 6.13. The van der Waals surface area contributed by atoms with E-state index in [1.807, 2.05) is 29.2 Å². The molecule has 0 unspecified atom stereocenters. The number of anilines is 5. The third-order valence-corrected chi connectivity index (χ3v) is 8.83. The molecule has 11 nitrogen and oxygen atoms in total. The van der Waals surface area contributed by atoms with Gasteiger partial charge < -0.3 is 14.7 Å². The van der Waals surface area contributed by atoms with Crippen molar-refractivity contribution in [1.82, 2.24) is 24.9 Å². The topological polar surface area (TPSA) is 120 Å². The molecule has 2 N–H and O–H groups in total. The van der Waals surface area contributed by atoms with Crippen molar-refractivity contribution in [3.05, 3.63) is 60.4 Å². The fourth-order valence-electron chi connectivity index (χ4n) is 6.13. The Kier molecular flexibility index (Phi) is 6.66. The fraction of sp³-hybridized carbons (Fsp3) is 0.433. The lowest BCUT2D eigenvalue weighted by atomic mass is 9.63. The molecule has 1 spiro atoms. The summed E-state index contributed by atoms with van der Waals surface area (Å²) in [5.74, 6) is 1.00. The molecule has 4 heterocycles. The summed E-state index contributed by atoms with van der Waals surface area (Å²) in [6.07, 6.45) is 15.5. The molecule has 3 aromatic rings. The molecule has 2 aliphatic carbocycles. The van der Waals surface area contributed by atoms with E-state index in [4.69, 9.17) is 4.52 Å². The highest BCUT2D eigenvalue weighted by molar-refractivity contribution is 6.03. The molecule has 3 fully saturated rings. The number of carbonyl (C=O) groups excluding carboxylic acids is 2. The number of amides is 3. The van der Waals surface area contributed by atoms with Crippen molar-refractivity contribution < 1.29 is 14.1 Å². The maximum atomic E-state index is 13.7. The monoisotopic (exact) mass is 554 g/mol. The maximum Gasteiger partial charge on any atom is 0.330 e. The van der Waals surface area contributed by atoms with Crippen molar-refractivity contribution in [2.45, 2.75) is 57.5 Å². The number of piperidine rings is 1. The van der Waals surface area contributed by atoms with E-state index in [1.54, 1.807) is 29.3 Å². The summed E-state index contributed by atoms with van der Waals surface area (Å²) >= 11 is 0. The van der Waals surface area contributed by atoms with E-state index in [0.717, 1.165) is 38.0 Å². The van der Waals surface area contributed by atoms with E-state index < -0.39 is 0 Å². The SMILES string of the molecule is O=C(/C=C/CN1CCC2(CCC2)CC1)Nc1cccc(N2C(=O)N(C3CC3)Cc3cnc(Nc4ccno4)nc32)c1. The zero-order valence-electron chi connectivity index (χ0n) is 23.0. The van der Waals surface area contributed by atoms with Gasteiger partial charge in [0.2, 0.25) is 17.7 Å². The number of likely N-dealkylation sites (tertiary alicyclic amines) is 1. The van der Waals surface area contributed by atoms with Crippen LogP contribution in [-0.2, 0) is 11.3 Å². The third kappa shape index (κ3) is 5.41. The van der Waals surface area contributed by atoms with Crippen LogP contribution >= 0.6 is 0 Å². The van der Waals surface area contributed by atoms with Gasteiger partial charge in [-0.2, -0.15) is 4.98 Å². The molecule has 2 aromatic heterocycles. The molecular formula is C30H34N8O3. The minimum atomic E-state index is -0.194. The molecule has 0 radical (unpaired) electrons. The van der Waals surface area contributed by atoms with Gasteiger partial charge in [-0.05, 0) is 75.2 Å². The van der Waals surface area contributed by atoms with Crippen molar-refractivity contribution in [3.8, 4) is 0 Å². The van der Waals surface area contributed by atoms with E-state index in [-0.39, 0.29) is 18.0 Å². The number of hydrogen-bond donors (Lipinski definition) is 2. The average molecular weight is 555 g/mol. The van der Waals surface area contributed by atoms with Crippen LogP contribution in [0.3, 0.4) is 0 Å². The zero-order chi connectivity index (χ0) is 27.8. The van der Waals surface area contributed by atoms with E-state index in [2.05, 4.69) is 30.7 Å². The minimum absolute atomic E-state index is 0.141. The highest BCUT2D eigenvalue weighted by Crippen LogP contribution is 2.48. The van der Waals surface area contributed by atoms with Crippen LogP contribution in [0.1, 0.15) is 50.5 Å². The molecule has 7 rings (SSSR count). The lowest BCUT2D eigenvalue weighted by Crippen LogP contribution is -2.46. The highest BCUT2D eigenvalue weighted by atomic mass is 16.5. The smallest absolute Gasteiger partial charge is 0.330 e. The molecule has 0 atom stereocenters. The Morgan fingerprint density at radius 2 is 2.00 bits per heavy atom. The number of carbonyl (C=O) groups is 2. The molecule has 1 aromatic carbocycles. The Hall–Kier alpha value is -4.25. The molecular weight excluding hydrogens is 520 g/mol. The van der Waals surface area contributed by atoms with E-state index in [0.29, 0.717) is 41.0 Å². The summed E-state index contributed by atoms with van der Waals surface area (Å²) in [4.78, 5) is 41.5. The van der Waals surface area contributed by atoms with Crippen LogP contribution in [0.2, 0.25) is 0 Å². The lowest BCUT2D eigenvalue weighted by molar-refractivity contribution is -0.111. The van der Waals surface area contributed by atoms with Gasteiger partial charge in [0.15, 0.2) is 5.82 Å². The second kappa shape index (κ2) is 10.6. The molecule has 1 saturated heterocycles. The number of aromatic nitrogens is 3. The lowest BCUT2D eigenvalue weighted by Gasteiger charge is -2.47. The van der Waals surface area contributed by atoms with Crippen LogP contribution in [0, 0.1) is 5.41 Å². The van der Waals surface area contributed by atoms with Gasteiger partial charge in [0.1, 0.15) is 0 Å². The van der Waals surface area contributed by atoms with Gasteiger partial charge in [0.25, 0.3) is 0 Å². The Morgan fingerprint density at radius 1 is 1.15 bits per heavy atom. The first-order valence-electron chi connectivity index (χ1n) is 14.5. The molecule has 212 valence electrons. The first kappa shape index (κ1) is 25.7. The van der Waals surface area contributed by atoms with Crippen molar-refractivity contribution >= 4 is 41.0 Å². The molecule has 11 heteroatoms. The number of nitrogens with zero attached hydrogens (tertiary/aromatic N) is 6. The van der Waals surface area contributed by atoms with Crippen LogP contribution in [0.5, 0.6) is 0 Å². The van der Waals surface area contributed by atoms with Gasteiger partial charge in [0.05, 0.1) is 18.4 Å². The molecule has 0 bridgehead atoms. The zero-order valence-corrected chi connectivity index (χ0v) is 23.0. The summed E-state index contributed by atoms with van der Waals surface area (Å²) in [7, 11) is 0. The van der Waals surface area contributed by atoms with E-state index >= 15 is 0 Å². The van der Waals surface area contributed by atoms with Crippen molar-refractivity contribution in [1.29, 1.82) is 0 Å². The average Bonchev–Trinajstić information content (AvgIpc) is 3.68. The van der Waals surface area contributed by atoms with Crippen molar-refractivity contribution in [2.75, 3.05) is 35.2 Å². The predicted octanol–water partition coefficient (Wildman–Crippen LogP) is 5.21. The number of fused-ring (bicyclic) bond motifs is 1. The van der Waals surface area contributed by atoms with E-state index in [1.165, 1.54) is 38.3 Å². The number of urea groups is 1. The number of hydrogen-bond acceptors (Lipinski definition) is 8. The van der Waals surface area contributed by atoms with Crippen molar-refractivity contribution in [3.63, 3.8) is 0 Å². The normalized spacial score (nSPS) is 20.2. The van der Waals surface area contributed by atoms with Crippen LogP contribution < -0.4 is 15.5 Å². The Labute approximate surface area is 238 Å². The summed E-state index contributed by atoms with van der Waals surface area (Å²) in [5.41, 5.74) is 2.69. The number of rotatable bonds is 8. The van der Waals surface area contributed by atoms with Gasteiger partial charge in [0, 0.05) is 42.2 Å². The van der Waals surface area contributed by atoms with Gasteiger partial charge >= 0.3 is 6.03 Å². The Bertz CT molecular complexity index is 1450. The largest absolute Gasteiger partial charge is 0.338 e. The quantitative estimate of drug-likeness (QED) is 0.365. The minimum Gasteiger partial charge on any atom is -0.338 e.